The molecule has 0 fully saturated rings. The molecule has 16 heavy (non-hydrogen) atoms. The standard InChI is InChI=1S/C12H18ClNOS/c1-2-5-11(14)9-16(15)8-10-6-3-4-7-12(10)13/h3-4,6-7,11H,2,5,8-9,14H2,1H3. The maximum atomic E-state index is 11.8. The Balaban J connectivity index is 2.49. The van der Waals surface area contributed by atoms with Crippen LogP contribution in [0.1, 0.15) is 25.3 Å². The van der Waals surface area contributed by atoms with E-state index in [0.29, 0.717) is 16.5 Å². The molecule has 0 aliphatic heterocycles. The number of rotatable bonds is 6. The van der Waals surface area contributed by atoms with Crippen molar-refractivity contribution < 1.29 is 4.21 Å². The second-order valence-corrected chi connectivity index (χ2v) is 5.80. The Bertz CT molecular complexity index is 357. The second kappa shape index (κ2) is 7.05. The predicted molar refractivity (Wildman–Crippen MR) is 71.0 cm³/mol. The smallest absolute Gasteiger partial charge is 0.0501 e. The van der Waals surface area contributed by atoms with Gasteiger partial charge in [-0.25, -0.2) is 0 Å². The van der Waals surface area contributed by atoms with Crippen molar-refractivity contribution in [1.29, 1.82) is 0 Å². The lowest BCUT2D eigenvalue weighted by Gasteiger charge is -2.10. The van der Waals surface area contributed by atoms with Gasteiger partial charge in [-0.05, 0) is 18.1 Å². The maximum absolute atomic E-state index is 11.8. The number of nitrogens with two attached hydrogens (primary N) is 1. The fourth-order valence-corrected chi connectivity index (χ4v) is 3.18. The van der Waals surface area contributed by atoms with Crippen LogP contribution in [-0.4, -0.2) is 16.0 Å². The van der Waals surface area contributed by atoms with Gasteiger partial charge in [-0.3, -0.25) is 4.21 Å². The van der Waals surface area contributed by atoms with Crippen molar-refractivity contribution in [3.05, 3.63) is 34.9 Å². The third kappa shape index (κ3) is 4.64. The van der Waals surface area contributed by atoms with E-state index in [1.165, 1.54) is 0 Å². The van der Waals surface area contributed by atoms with Crippen LogP contribution in [-0.2, 0) is 16.6 Å². The molecule has 1 aromatic carbocycles. The van der Waals surface area contributed by atoms with Gasteiger partial charge in [0.15, 0.2) is 0 Å². The normalized spacial score (nSPS) is 14.7. The Morgan fingerprint density at radius 2 is 2.12 bits per heavy atom. The zero-order valence-electron chi connectivity index (χ0n) is 9.49. The van der Waals surface area contributed by atoms with Gasteiger partial charge in [-0.1, -0.05) is 43.1 Å². The molecule has 0 aliphatic carbocycles. The average Bonchev–Trinajstić information content (AvgIpc) is 2.21. The van der Waals surface area contributed by atoms with E-state index >= 15 is 0 Å². The summed E-state index contributed by atoms with van der Waals surface area (Å²) in [6, 6.07) is 7.54. The first-order valence-electron chi connectivity index (χ1n) is 5.47. The van der Waals surface area contributed by atoms with Gasteiger partial charge >= 0.3 is 0 Å². The molecule has 0 spiro atoms. The van der Waals surface area contributed by atoms with E-state index in [0.717, 1.165) is 18.4 Å². The first-order chi connectivity index (χ1) is 7.63. The Morgan fingerprint density at radius 1 is 1.44 bits per heavy atom. The lowest BCUT2D eigenvalue weighted by Crippen LogP contribution is -2.27. The number of halogens is 1. The van der Waals surface area contributed by atoms with Gasteiger partial charge in [-0.2, -0.15) is 0 Å². The van der Waals surface area contributed by atoms with Gasteiger partial charge in [-0.15, -0.1) is 0 Å². The van der Waals surface area contributed by atoms with Crippen LogP contribution in [0.4, 0.5) is 0 Å². The van der Waals surface area contributed by atoms with Crippen molar-refractivity contribution in [2.24, 2.45) is 5.73 Å². The molecule has 0 saturated carbocycles. The molecule has 0 saturated heterocycles. The van der Waals surface area contributed by atoms with Crippen LogP contribution in [0.3, 0.4) is 0 Å². The molecule has 1 rings (SSSR count). The fourth-order valence-electron chi connectivity index (χ4n) is 1.54. The first kappa shape index (κ1) is 13.7. The van der Waals surface area contributed by atoms with Crippen molar-refractivity contribution in [3.63, 3.8) is 0 Å². The van der Waals surface area contributed by atoms with Gasteiger partial charge in [0.25, 0.3) is 0 Å². The summed E-state index contributed by atoms with van der Waals surface area (Å²) in [5.74, 6) is 1.05. The molecule has 1 aromatic rings. The summed E-state index contributed by atoms with van der Waals surface area (Å²) in [7, 11) is -0.922. The first-order valence-corrected chi connectivity index (χ1v) is 7.34. The SMILES string of the molecule is CCCC(N)CS(=O)Cc1ccccc1Cl. The molecular weight excluding hydrogens is 242 g/mol. The zero-order chi connectivity index (χ0) is 12.0. The Morgan fingerprint density at radius 3 is 2.75 bits per heavy atom. The molecule has 2 unspecified atom stereocenters. The highest BCUT2D eigenvalue weighted by Gasteiger charge is 2.09. The van der Waals surface area contributed by atoms with Gasteiger partial charge in [0.05, 0.1) is 5.75 Å². The molecule has 0 heterocycles. The highest BCUT2D eigenvalue weighted by Crippen LogP contribution is 2.16. The molecule has 0 aliphatic rings. The molecule has 2 N–H and O–H groups in total. The zero-order valence-corrected chi connectivity index (χ0v) is 11.1. The lowest BCUT2D eigenvalue weighted by molar-refractivity contribution is 0.637. The van der Waals surface area contributed by atoms with Crippen molar-refractivity contribution in [3.8, 4) is 0 Å². The minimum atomic E-state index is -0.922. The van der Waals surface area contributed by atoms with E-state index in [4.69, 9.17) is 17.3 Å². The fraction of sp³-hybridized carbons (Fsp3) is 0.500. The minimum absolute atomic E-state index is 0.0355. The largest absolute Gasteiger partial charge is 0.327 e. The van der Waals surface area contributed by atoms with Gasteiger partial charge in [0, 0.05) is 27.6 Å². The lowest BCUT2D eigenvalue weighted by atomic mass is 10.2. The Labute approximate surface area is 105 Å². The van der Waals surface area contributed by atoms with Gasteiger partial charge in [0.2, 0.25) is 0 Å². The van der Waals surface area contributed by atoms with Crippen molar-refractivity contribution >= 4 is 22.4 Å². The number of benzene rings is 1. The molecule has 0 amide bonds. The number of hydrogen-bond acceptors (Lipinski definition) is 2. The molecule has 0 radical (unpaired) electrons. The average molecular weight is 260 g/mol. The summed E-state index contributed by atoms with van der Waals surface area (Å²) in [6.07, 6.45) is 1.96. The molecule has 2 atom stereocenters. The second-order valence-electron chi connectivity index (χ2n) is 3.89. The highest BCUT2D eigenvalue weighted by atomic mass is 35.5. The summed E-state index contributed by atoms with van der Waals surface area (Å²) in [6.45, 7) is 2.08. The van der Waals surface area contributed by atoms with Crippen LogP contribution in [0.15, 0.2) is 24.3 Å². The molecule has 4 heteroatoms. The third-order valence-electron chi connectivity index (χ3n) is 2.33. The van der Waals surface area contributed by atoms with E-state index in [1.54, 1.807) is 0 Å². The molecule has 0 aromatic heterocycles. The van der Waals surface area contributed by atoms with E-state index < -0.39 is 10.8 Å². The van der Waals surface area contributed by atoms with E-state index in [9.17, 15) is 4.21 Å². The van der Waals surface area contributed by atoms with Crippen LogP contribution < -0.4 is 5.73 Å². The molecule has 2 nitrogen and oxygen atoms in total. The summed E-state index contributed by atoms with van der Waals surface area (Å²) < 4.78 is 11.8. The van der Waals surface area contributed by atoms with Crippen LogP contribution in [0.25, 0.3) is 0 Å². The van der Waals surface area contributed by atoms with Crippen molar-refractivity contribution in [2.75, 3.05) is 5.75 Å². The highest BCUT2D eigenvalue weighted by molar-refractivity contribution is 7.84. The van der Waals surface area contributed by atoms with Gasteiger partial charge < -0.3 is 5.73 Å². The summed E-state index contributed by atoms with van der Waals surface area (Å²) in [5.41, 5.74) is 6.79. The van der Waals surface area contributed by atoms with E-state index in [1.807, 2.05) is 24.3 Å². The van der Waals surface area contributed by atoms with Crippen LogP contribution in [0.5, 0.6) is 0 Å². The van der Waals surface area contributed by atoms with Gasteiger partial charge in [0.1, 0.15) is 0 Å². The molecule has 90 valence electrons. The minimum Gasteiger partial charge on any atom is -0.327 e. The number of hydrogen-bond donors (Lipinski definition) is 1. The Kier molecular flexibility index (Phi) is 6.03. The third-order valence-corrected chi connectivity index (χ3v) is 4.14. The maximum Gasteiger partial charge on any atom is 0.0501 e. The van der Waals surface area contributed by atoms with E-state index in [2.05, 4.69) is 6.92 Å². The molecular formula is C12H18ClNOS. The van der Waals surface area contributed by atoms with Crippen LogP contribution in [0.2, 0.25) is 5.02 Å². The van der Waals surface area contributed by atoms with E-state index in [-0.39, 0.29) is 6.04 Å². The van der Waals surface area contributed by atoms with Crippen molar-refractivity contribution in [1.82, 2.24) is 0 Å². The van der Waals surface area contributed by atoms with Crippen LogP contribution in [0, 0.1) is 0 Å². The monoisotopic (exact) mass is 259 g/mol. The predicted octanol–water partition coefficient (Wildman–Crippen LogP) is 2.72. The summed E-state index contributed by atoms with van der Waals surface area (Å²) in [4.78, 5) is 0. The summed E-state index contributed by atoms with van der Waals surface area (Å²) >= 11 is 6.00. The van der Waals surface area contributed by atoms with Crippen LogP contribution >= 0.6 is 11.6 Å². The van der Waals surface area contributed by atoms with Crippen molar-refractivity contribution in [2.45, 2.75) is 31.6 Å². The quantitative estimate of drug-likeness (QED) is 0.854. The topological polar surface area (TPSA) is 43.1 Å². The Hall–Kier alpha value is -0.380. The summed E-state index contributed by atoms with van der Waals surface area (Å²) in [5, 5.41) is 0.680. The molecule has 0 bridgehead atoms.